The lowest BCUT2D eigenvalue weighted by Gasteiger charge is -2.18. The van der Waals surface area contributed by atoms with E-state index in [1.54, 1.807) is 25.5 Å². The third kappa shape index (κ3) is 6.12. The van der Waals surface area contributed by atoms with E-state index in [1.165, 1.54) is 4.88 Å². The fourth-order valence-corrected chi connectivity index (χ4v) is 2.88. The number of nitrogens with one attached hydrogen (secondary N) is 2. The Bertz CT molecular complexity index is 629. The average Bonchev–Trinajstić information content (AvgIpc) is 3.11. The first-order chi connectivity index (χ1) is 11.7. The van der Waals surface area contributed by atoms with Crippen molar-refractivity contribution in [1.29, 1.82) is 0 Å². The van der Waals surface area contributed by atoms with Crippen molar-refractivity contribution in [3.05, 3.63) is 46.7 Å². The van der Waals surface area contributed by atoms with E-state index >= 15 is 0 Å². The Morgan fingerprint density at radius 3 is 2.75 bits per heavy atom. The Morgan fingerprint density at radius 1 is 1.21 bits per heavy atom. The van der Waals surface area contributed by atoms with Crippen LogP contribution in [-0.4, -0.2) is 39.3 Å². The van der Waals surface area contributed by atoms with Crippen molar-refractivity contribution in [2.45, 2.75) is 19.4 Å². The molecule has 0 spiro atoms. The minimum atomic E-state index is 0.00736. The number of rotatable bonds is 8. The maximum atomic E-state index is 5.89. The van der Waals surface area contributed by atoms with Crippen LogP contribution < -0.4 is 20.1 Å². The fraction of sp³-hybridized carbons (Fsp3) is 0.389. The first kappa shape index (κ1) is 18.1. The number of benzene rings is 1. The molecule has 0 aliphatic heterocycles. The largest absolute Gasteiger partial charge is 0.497 e. The molecule has 0 amide bonds. The first-order valence-electron chi connectivity index (χ1n) is 7.99. The lowest BCUT2D eigenvalue weighted by atomic mass is 10.3. The number of methoxy groups -OCH3 is 1. The van der Waals surface area contributed by atoms with Crippen LogP contribution in [0.5, 0.6) is 11.5 Å². The number of guanidine groups is 1. The molecule has 0 bridgehead atoms. The summed E-state index contributed by atoms with van der Waals surface area (Å²) in [6, 6.07) is 11.8. The summed E-state index contributed by atoms with van der Waals surface area (Å²) in [6.45, 7) is 3.53. The van der Waals surface area contributed by atoms with Gasteiger partial charge in [0.05, 0.1) is 13.7 Å². The second-order valence-corrected chi connectivity index (χ2v) is 6.35. The van der Waals surface area contributed by atoms with Gasteiger partial charge in [-0.15, -0.1) is 11.3 Å². The predicted octanol–water partition coefficient (Wildman–Crippen LogP) is 2.93. The zero-order chi connectivity index (χ0) is 17.2. The molecule has 2 rings (SSSR count). The molecule has 0 aliphatic rings. The van der Waals surface area contributed by atoms with Crippen molar-refractivity contribution < 1.29 is 9.47 Å². The molecule has 130 valence electrons. The summed E-state index contributed by atoms with van der Waals surface area (Å²) in [5, 5.41) is 8.70. The quantitative estimate of drug-likeness (QED) is 0.569. The normalized spacial score (nSPS) is 12.5. The third-order valence-corrected chi connectivity index (χ3v) is 4.34. The van der Waals surface area contributed by atoms with Crippen molar-refractivity contribution in [3.63, 3.8) is 0 Å². The van der Waals surface area contributed by atoms with Gasteiger partial charge in [-0.05, 0) is 36.9 Å². The number of thiophene rings is 1. The van der Waals surface area contributed by atoms with Crippen molar-refractivity contribution in [3.8, 4) is 11.5 Å². The topological polar surface area (TPSA) is 54.9 Å². The third-order valence-electron chi connectivity index (χ3n) is 3.40. The zero-order valence-corrected chi connectivity index (χ0v) is 15.2. The molecule has 0 aliphatic carbocycles. The highest BCUT2D eigenvalue weighted by molar-refractivity contribution is 7.09. The number of ether oxygens (including phenoxy) is 2. The lowest BCUT2D eigenvalue weighted by Crippen LogP contribution is -2.42. The molecular formula is C18H25N3O2S. The van der Waals surface area contributed by atoms with E-state index in [9.17, 15) is 0 Å². The fourth-order valence-electron chi connectivity index (χ4n) is 2.17. The van der Waals surface area contributed by atoms with Crippen LogP contribution in [0.1, 0.15) is 11.8 Å². The van der Waals surface area contributed by atoms with E-state index in [0.29, 0.717) is 6.54 Å². The van der Waals surface area contributed by atoms with Crippen molar-refractivity contribution in [2.75, 3.05) is 27.2 Å². The van der Waals surface area contributed by atoms with Crippen LogP contribution in [0, 0.1) is 0 Å². The summed E-state index contributed by atoms with van der Waals surface area (Å²) < 4.78 is 11.1. The molecule has 1 unspecified atom stereocenters. The summed E-state index contributed by atoms with van der Waals surface area (Å²) in [6.07, 6.45) is 1.00. The average molecular weight is 347 g/mol. The summed E-state index contributed by atoms with van der Waals surface area (Å²) >= 11 is 1.77. The van der Waals surface area contributed by atoms with Crippen molar-refractivity contribution >= 4 is 17.3 Å². The first-order valence-corrected chi connectivity index (χ1v) is 8.87. The standard InChI is InChI=1S/C18H25N3O2S/c1-14(23-16-7-4-6-15(12-16)22-3)13-21-18(19-2)20-10-9-17-8-5-11-24-17/h4-8,11-12,14H,9-10,13H2,1-3H3,(H2,19,20,21). The predicted molar refractivity (Wildman–Crippen MR) is 100 cm³/mol. The van der Waals surface area contributed by atoms with Gasteiger partial charge < -0.3 is 20.1 Å². The molecule has 5 nitrogen and oxygen atoms in total. The highest BCUT2D eigenvalue weighted by Crippen LogP contribution is 2.19. The van der Waals surface area contributed by atoms with Crippen LogP contribution in [0.15, 0.2) is 46.8 Å². The van der Waals surface area contributed by atoms with Gasteiger partial charge in [0.1, 0.15) is 17.6 Å². The Balaban J connectivity index is 1.71. The van der Waals surface area contributed by atoms with Crippen LogP contribution in [0.2, 0.25) is 0 Å². The second kappa shape index (κ2) is 9.82. The monoisotopic (exact) mass is 347 g/mol. The Morgan fingerprint density at radius 2 is 2.04 bits per heavy atom. The van der Waals surface area contributed by atoms with Crippen LogP contribution in [-0.2, 0) is 6.42 Å². The van der Waals surface area contributed by atoms with Crippen molar-refractivity contribution in [2.24, 2.45) is 4.99 Å². The molecular weight excluding hydrogens is 322 g/mol. The molecule has 1 heterocycles. The van der Waals surface area contributed by atoms with E-state index in [2.05, 4.69) is 33.1 Å². The Kier molecular flexibility index (Phi) is 7.42. The molecule has 1 atom stereocenters. The summed E-state index contributed by atoms with van der Waals surface area (Å²) in [5.74, 6) is 2.37. The van der Waals surface area contributed by atoms with E-state index in [1.807, 2.05) is 31.2 Å². The molecule has 2 aromatic rings. The number of aliphatic imine (C=N–C) groups is 1. The van der Waals surface area contributed by atoms with E-state index in [4.69, 9.17) is 9.47 Å². The zero-order valence-electron chi connectivity index (χ0n) is 14.4. The molecule has 1 aromatic carbocycles. The van der Waals surface area contributed by atoms with Gasteiger partial charge in [-0.3, -0.25) is 4.99 Å². The molecule has 0 saturated carbocycles. The van der Waals surface area contributed by atoms with Gasteiger partial charge in [-0.25, -0.2) is 0 Å². The van der Waals surface area contributed by atoms with Gasteiger partial charge in [-0.2, -0.15) is 0 Å². The second-order valence-electron chi connectivity index (χ2n) is 5.32. The van der Waals surface area contributed by atoms with E-state index in [-0.39, 0.29) is 6.10 Å². The summed E-state index contributed by atoms with van der Waals surface area (Å²) in [7, 11) is 3.42. The van der Waals surface area contributed by atoms with Gasteiger partial charge in [0, 0.05) is 24.5 Å². The minimum Gasteiger partial charge on any atom is -0.497 e. The molecule has 24 heavy (non-hydrogen) atoms. The molecule has 2 N–H and O–H groups in total. The van der Waals surface area contributed by atoms with Crippen molar-refractivity contribution in [1.82, 2.24) is 10.6 Å². The van der Waals surface area contributed by atoms with Crippen LogP contribution in [0.3, 0.4) is 0 Å². The number of nitrogens with zero attached hydrogens (tertiary/aromatic N) is 1. The van der Waals surface area contributed by atoms with Gasteiger partial charge in [0.2, 0.25) is 0 Å². The SMILES string of the molecule is CN=C(NCCc1cccs1)NCC(C)Oc1cccc(OC)c1. The van der Waals surface area contributed by atoms with Gasteiger partial charge in [0.15, 0.2) is 5.96 Å². The molecule has 0 saturated heterocycles. The molecule has 0 fully saturated rings. The van der Waals surface area contributed by atoms with Gasteiger partial charge in [0.25, 0.3) is 0 Å². The smallest absolute Gasteiger partial charge is 0.191 e. The van der Waals surface area contributed by atoms with Crippen LogP contribution in [0.25, 0.3) is 0 Å². The number of hydrogen-bond donors (Lipinski definition) is 2. The molecule has 1 aromatic heterocycles. The Labute approximate surface area is 147 Å². The molecule has 0 radical (unpaired) electrons. The highest BCUT2D eigenvalue weighted by Gasteiger charge is 2.06. The van der Waals surface area contributed by atoms with Gasteiger partial charge >= 0.3 is 0 Å². The Hall–Kier alpha value is -2.21. The van der Waals surface area contributed by atoms with E-state index < -0.39 is 0 Å². The van der Waals surface area contributed by atoms with Gasteiger partial charge in [-0.1, -0.05) is 12.1 Å². The van der Waals surface area contributed by atoms with Crippen LogP contribution in [0.4, 0.5) is 0 Å². The maximum absolute atomic E-state index is 5.89. The lowest BCUT2D eigenvalue weighted by molar-refractivity contribution is 0.223. The van der Waals surface area contributed by atoms with Crippen LogP contribution >= 0.6 is 11.3 Å². The minimum absolute atomic E-state index is 0.00736. The number of hydrogen-bond acceptors (Lipinski definition) is 4. The molecule has 6 heteroatoms. The van der Waals surface area contributed by atoms with E-state index in [0.717, 1.165) is 30.4 Å². The maximum Gasteiger partial charge on any atom is 0.191 e. The summed E-state index contributed by atoms with van der Waals surface area (Å²) in [5.41, 5.74) is 0. The highest BCUT2D eigenvalue weighted by atomic mass is 32.1. The summed E-state index contributed by atoms with van der Waals surface area (Å²) in [4.78, 5) is 5.60.